The van der Waals surface area contributed by atoms with Gasteiger partial charge in [0.15, 0.2) is 0 Å². The van der Waals surface area contributed by atoms with Crippen LogP contribution in [-0.4, -0.2) is 10.1 Å². The molecule has 0 aliphatic carbocycles. The normalized spacial score (nSPS) is 10.6. The van der Waals surface area contributed by atoms with Gasteiger partial charge in [-0.15, -0.1) is 0 Å². The number of halogens is 1. The molecule has 66 valence electrons. The molecule has 0 bridgehead atoms. The van der Waals surface area contributed by atoms with Crippen molar-refractivity contribution in [2.45, 2.75) is 6.61 Å². The van der Waals surface area contributed by atoms with Crippen LogP contribution < -0.4 is 0 Å². The minimum atomic E-state index is -0.0579. The highest BCUT2D eigenvalue weighted by Gasteiger charge is 2.02. The fourth-order valence-electron chi connectivity index (χ4n) is 1.36. The van der Waals surface area contributed by atoms with Gasteiger partial charge in [-0.25, -0.2) is 0 Å². The first kappa shape index (κ1) is 8.48. The molecule has 0 atom stereocenters. The molecule has 0 spiro atoms. The van der Waals surface area contributed by atoms with Crippen LogP contribution in [0, 0.1) is 0 Å². The van der Waals surface area contributed by atoms with Crippen molar-refractivity contribution in [1.29, 1.82) is 0 Å². The standard InChI is InChI=1S/C10H8ClNO/c11-9-3-1-2-8-7(9)4-5-12-10(8)6-13/h1-5,13H,6H2. The van der Waals surface area contributed by atoms with E-state index in [1.54, 1.807) is 6.20 Å². The molecule has 3 heteroatoms. The lowest BCUT2D eigenvalue weighted by molar-refractivity contribution is 0.278. The Morgan fingerprint density at radius 2 is 2.08 bits per heavy atom. The first-order valence-corrected chi connectivity index (χ1v) is 4.33. The summed E-state index contributed by atoms with van der Waals surface area (Å²) in [7, 11) is 0. The molecule has 0 saturated carbocycles. The third kappa shape index (κ3) is 1.39. The number of fused-ring (bicyclic) bond motifs is 1. The third-order valence-corrected chi connectivity index (χ3v) is 2.31. The smallest absolute Gasteiger partial charge is 0.0859 e. The van der Waals surface area contributed by atoms with Crippen molar-refractivity contribution in [3.05, 3.63) is 41.2 Å². The molecule has 2 aromatic rings. The summed E-state index contributed by atoms with van der Waals surface area (Å²) < 4.78 is 0. The molecule has 1 aromatic carbocycles. The van der Waals surface area contributed by atoms with Crippen LogP contribution in [0.3, 0.4) is 0 Å². The first-order chi connectivity index (χ1) is 6.33. The molecular formula is C10H8ClNO. The van der Waals surface area contributed by atoms with E-state index < -0.39 is 0 Å². The SMILES string of the molecule is OCc1nccc2c(Cl)cccc12. The lowest BCUT2D eigenvalue weighted by Crippen LogP contribution is -1.90. The summed E-state index contributed by atoms with van der Waals surface area (Å²) in [6, 6.07) is 7.42. The second-order valence-electron chi connectivity index (χ2n) is 2.75. The van der Waals surface area contributed by atoms with Crippen LogP contribution in [0.5, 0.6) is 0 Å². The highest BCUT2D eigenvalue weighted by atomic mass is 35.5. The van der Waals surface area contributed by atoms with Gasteiger partial charge in [0.05, 0.1) is 12.3 Å². The van der Waals surface area contributed by atoms with Crippen LogP contribution in [0.1, 0.15) is 5.69 Å². The Kier molecular flexibility index (Phi) is 2.17. The van der Waals surface area contributed by atoms with Crippen LogP contribution in [0.25, 0.3) is 10.8 Å². The van der Waals surface area contributed by atoms with Crippen LogP contribution in [0.4, 0.5) is 0 Å². The van der Waals surface area contributed by atoms with Crippen LogP contribution in [-0.2, 0) is 6.61 Å². The molecule has 0 amide bonds. The number of rotatable bonds is 1. The maximum atomic E-state index is 9.02. The summed E-state index contributed by atoms with van der Waals surface area (Å²) in [5.74, 6) is 0. The molecule has 0 radical (unpaired) electrons. The Bertz CT molecular complexity index is 442. The van der Waals surface area contributed by atoms with E-state index in [9.17, 15) is 0 Å². The zero-order chi connectivity index (χ0) is 9.26. The lowest BCUT2D eigenvalue weighted by atomic mass is 10.1. The predicted molar refractivity (Wildman–Crippen MR) is 52.7 cm³/mol. The van der Waals surface area contributed by atoms with Gasteiger partial charge in [0.2, 0.25) is 0 Å². The van der Waals surface area contributed by atoms with Crippen molar-refractivity contribution in [3.63, 3.8) is 0 Å². The van der Waals surface area contributed by atoms with Gasteiger partial charge in [-0.1, -0.05) is 23.7 Å². The predicted octanol–water partition coefficient (Wildman–Crippen LogP) is 2.38. The molecule has 2 nitrogen and oxygen atoms in total. The minimum absolute atomic E-state index is 0.0579. The fraction of sp³-hybridized carbons (Fsp3) is 0.100. The molecule has 0 fully saturated rings. The van der Waals surface area contributed by atoms with Crippen LogP contribution in [0.2, 0.25) is 5.02 Å². The van der Waals surface area contributed by atoms with Crippen molar-refractivity contribution in [2.75, 3.05) is 0 Å². The highest BCUT2D eigenvalue weighted by molar-refractivity contribution is 6.35. The van der Waals surface area contributed by atoms with Gasteiger partial charge in [-0.3, -0.25) is 4.98 Å². The van der Waals surface area contributed by atoms with Crippen molar-refractivity contribution >= 4 is 22.4 Å². The summed E-state index contributed by atoms with van der Waals surface area (Å²) >= 11 is 5.98. The number of aliphatic hydroxyl groups is 1. The van der Waals surface area contributed by atoms with Gasteiger partial charge in [-0.2, -0.15) is 0 Å². The molecule has 0 aliphatic rings. The Hall–Kier alpha value is -1.12. The monoisotopic (exact) mass is 193 g/mol. The maximum absolute atomic E-state index is 9.02. The second-order valence-corrected chi connectivity index (χ2v) is 3.16. The number of benzene rings is 1. The molecule has 1 heterocycles. The average Bonchev–Trinajstić information content (AvgIpc) is 2.18. The van der Waals surface area contributed by atoms with E-state index in [0.717, 1.165) is 10.8 Å². The highest BCUT2D eigenvalue weighted by Crippen LogP contribution is 2.24. The minimum Gasteiger partial charge on any atom is -0.390 e. The molecule has 13 heavy (non-hydrogen) atoms. The van der Waals surface area contributed by atoms with Gasteiger partial charge in [-0.05, 0) is 12.1 Å². The van der Waals surface area contributed by atoms with Crippen LogP contribution in [0.15, 0.2) is 30.5 Å². The van der Waals surface area contributed by atoms with Crippen molar-refractivity contribution in [3.8, 4) is 0 Å². The topological polar surface area (TPSA) is 33.1 Å². The number of aromatic nitrogens is 1. The average molecular weight is 194 g/mol. The van der Waals surface area contributed by atoms with Crippen molar-refractivity contribution in [1.82, 2.24) is 4.98 Å². The van der Waals surface area contributed by atoms with Crippen molar-refractivity contribution < 1.29 is 5.11 Å². The van der Waals surface area contributed by atoms with Gasteiger partial charge in [0.25, 0.3) is 0 Å². The Morgan fingerprint density at radius 1 is 1.23 bits per heavy atom. The van der Waals surface area contributed by atoms with Gasteiger partial charge in [0, 0.05) is 22.0 Å². The number of hydrogen-bond donors (Lipinski definition) is 1. The summed E-state index contributed by atoms with van der Waals surface area (Å²) in [4.78, 5) is 4.06. The zero-order valence-electron chi connectivity index (χ0n) is 6.87. The van der Waals surface area contributed by atoms with E-state index in [2.05, 4.69) is 4.98 Å². The van der Waals surface area contributed by atoms with Gasteiger partial charge >= 0.3 is 0 Å². The van der Waals surface area contributed by atoms with E-state index in [0.29, 0.717) is 10.7 Å². The first-order valence-electron chi connectivity index (χ1n) is 3.96. The van der Waals surface area contributed by atoms with E-state index in [4.69, 9.17) is 16.7 Å². The number of aliphatic hydroxyl groups excluding tert-OH is 1. The molecule has 0 aliphatic heterocycles. The summed E-state index contributed by atoms with van der Waals surface area (Å²) in [6.45, 7) is -0.0579. The molecular weight excluding hydrogens is 186 g/mol. The second kappa shape index (κ2) is 3.32. The molecule has 1 aromatic heterocycles. The molecule has 0 unspecified atom stereocenters. The van der Waals surface area contributed by atoms with Crippen molar-refractivity contribution in [2.24, 2.45) is 0 Å². The zero-order valence-corrected chi connectivity index (χ0v) is 7.62. The van der Waals surface area contributed by atoms with E-state index >= 15 is 0 Å². The fourth-order valence-corrected chi connectivity index (χ4v) is 1.59. The quantitative estimate of drug-likeness (QED) is 0.755. The largest absolute Gasteiger partial charge is 0.390 e. The van der Waals surface area contributed by atoms with E-state index in [1.807, 2.05) is 24.3 Å². The lowest BCUT2D eigenvalue weighted by Gasteiger charge is -2.03. The van der Waals surface area contributed by atoms with E-state index in [1.165, 1.54) is 0 Å². The summed E-state index contributed by atoms with van der Waals surface area (Å²) in [6.07, 6.45) is 1.65. The Balaban J connectivity index is 2.84. The maximum Gasteiger partial charge on any atom is 0.0859 e. The Labute approximate surface area is 80.8 Å². The molecule has 1 N–H and O–H groups in total. The summed E-state index contributed by atoms with van der Waals surface area (Å²) in [5.41, 5.74) is 0.667. The number of hydrogen-bond acceptors (Lipinski definition) is 2. The number of nitrogens with zero attached hydrogens (tertiary/aromatic N) is 1. The third-order valence-electron chi connectivity index (χ3n) is 1.99. The van der Waals surface area contributed by atoms with Gasteiger partial charge in [0.1, 0.15) is 0 Å². The molecule has 0 saturated heterocycles. The van der Waals surface area contributed by atoms with Crippen LogP contribution >= 0.6 is 11.6 Å². The number of pyridine rings is 1. The van der Waals surface area contributed by atoms with Gasteiger partial charge < -0.3 is 5.11 Å². The molecule has 2 rings (SSSR count). The summed E-state index contributed by atoms with van der Waals surface area (Å²) in [5, 5.41) is 11.6. The Morgan fingerprint density at radius 3 is 2.85 bits per heavy atom. The van der Waals surface area contributed by atoms with E-state index in [-0.39, 0.29) is 6.61 Å².